The molecule has 0 aliphatic heterocycles. The number of anilines is 1. The molecular weight excluding hydrogens is 358 g/mol. The number of nitrogens with one attached hydrogen (secondary N) is 2. The number of hydrogen-bond acceptors (Lipinski definition) is 3. The number of carbonyl (C=O) groups excluding carboxylic acids is 2. The largest absolute Gasteiger partial charge is 0.481 e. The number of nitrogens with zero attached hydrogens (tertiary/aromatic N) is 1. The van der Waals surface area contributed by atoms with E-state index in [1.807, 2.05) is 30.3 Å². The van der Waals surface area contributed by atoms with Gasteiger partial charge in [-0.05, 0) is 36.6 Å². The molecule has 0 spiro atoms. The van der Waals surface area contributed by atoms with Crippen LogP contribution in [0.25, 0.3) is 0 Å². The first-order valence-corrected chi connectivity index (χ1v) is 9.00. The van der Waals surface area contributed by atoms with E-state index in [4.69, 9.17) is 5.11 Å². The molecule has 28 heavy (non-hydrogen) atoms. The van der Waals surface area contributed by atoms with E-state index in [-0.39, 0.29) is 18.4 Å². The molecule has 0 aromatic heterocycles. The van der Waals surface area contributed by atoms with Crippen molar-refractivity contribution >= 4 is 23.6 Å². The van der Waals surface area contributed by atoms with Crippen LogP contribution in [0.1, 0.15) is 28.8 Å². The van der Waals surface area contributed by atoms with E-state index in [0.29, 0.717) is 24.1 Å². The summed E-state index contributed by atoms with van der Waals surface area (Å²) >= 11 is 0. The standard InChI is InChI=1S/C21H25N3O4/c1-24(2)20(27)16-9-6-10-17(14-16)22-21(28)23-18(11-12-19(25)26)13-15-7-4-3-5-8-15/h3-10,14,18H,11-13H2,1-2H3,(H,25,26)(H2,22,23,28). The third-order valence-corrected chi connectivity index (χ3v) is 4.14. The van der Waals surface area contributed by atoms with Gasteiger partial charge in [0.2, 0.25) is 0 Å². The fourth-order valence-corrected chi connectivity index (χ4v) is 2.76. The van der Waals surface area contributed by atoms with Gasteiger partial charge in [-0.1, -0.05) is 36.4 Å². The van der Waals surface area contributed by atoms with E-state index in [9.17, 15) is 14.4 Å². The summed E-state index contributed by atoms with van der Waals surface area (Å²) < 4.78 is 0. The molecule has 0 radical (unpaired) electrons. The van der Waals surface area contributed by atoms with Crippen LogP contribution in [0.5, 0.6) is 0 Å². The van der Waals surface area contributed by atoms with Crippen molar-refractivity contribution in [3.05, 3.63) is 65.7 Å². The first-order valence-electron chi connectivity index (χ1n) is 9.00. The summed E-state index contributed by atoms with van der Waals surface area (Å²) in [5, 5.41) is 14.5. The van der Waals surface area contributed by atoms with Crippen molar-refractivity contribution in [1.82, 2.24) is 10.2 Å². The lowest BCUT2D eigenvalue weighted by molar-refractivity contribution is -0.137. The molecule has 7 heteroatoms. The van der Waals surface area contributed by atoms with Gasteiger partial charge < -0.3 is 20.6 Å². The van der Waals surface area contributed by atoms with Crippen molar-refractivity contribution in [2.24, 2.45) is 0 Å². The van der Waals surface area contributed by atoms with Gasteiger partial charge in [0.15, 0.2) is 0 Å². The van der Waals surface area contributed by atoms with Crippen LogP contribution in [0.4, 0.5) is 10.5 Å². The number of carbonyl (C=O) groups is 3. The molecule has 3 N–H and O–H groups in total. The minimum absolute atomic E-state index is 0.0371. The van der Waals surface area contributed by atoms with E-state index in [1.165, 1.54) is 4.90 Å². The zero-order valence-electron chi connectivity index (χ0n) is 16.0. The van der Waals surface area contributed by atoms with Gasteiger partial charge in [-0.15, -0.1) is 0 Å². The molecule has 0 bridgehead atoms. The first-order chi connectivity index (χ1) is 13.3. The van der Waals surface area contributed by atoms with E-state index < -0.39 is 12.0 Å². The van der Waals surface area contributed by atoms with E-state index in [1.54, 1.807) is 38.4 Å². The molecule has 1 atom stereocenters. The summed E-state index contributed by atoms with van der Waals surface area (Å²) in [6.07, 6.45) is 0.808. The zero-order valence-corrected chi connectivity index (χ0v) is 16.0. The van der Waals surface area contributed by atoms with Crippen molar-refractivity contribution < 1.29 is 19.5 Å². The Morgan fingerprint density at radius 2 is 1.75 bits per heavy atom. The molecule has 0 saturated carbocycles. The van der Waals surface area contributed by atoms with Crippen LogP contribution in [0.2, 0.25) is 0 Å². The van der Waals surface area contributed by atoms with Crippen molar-refractivity contribution in [3.8, 4) is 0 Å². The molecule has 0 aliphatic carbocycles. The van der Waals surface area contributed by atoms with Gasteiger partial charge in [-0.25, -0.2) is 4.79 Å². The molecule has 3 amide bonds. The number of hydrogen-bond donors (Lipinski definition) is 3. The van der Waals surface area contributed by atoms with Gasteiger partial charge in [0.1, 0.15) is 0 Å². The molecular formula is C21H25N3O4. The molecule has 2 aromatic carbocycles. The third-order valence-electron chi connectivity index (χ3n) is 4.14. The Kier molecular flexibility index (Phi) is 7.56. The second-order valence-corrected chi connectivity index (χ2v) is 6.70. The van der Waals surface area contributed by atoms with Gasteiger partial charge in [0, 0.05) is 37.8 Å². The van der Waals surface area contributed by atoms with E-state index in [2.05, 4.69) is 10.6 Å². The Morgan fingerprint density at radius 3 is 2.39 bits per heavy atom. The van der Waals surface area contributed by atoms with Crippen LogP contribution in [-0.2, 0) is 11.2 Å². The fourth-order valence-electron chi connectivity index (χ4n) is 2.76. The molecule has 0 aliphatic rings. The third kappa shape index (κ3) is 6.75. The van der Waals surface area contributed by atoms with Crippen LogP contribution in [-0.4, -0.2) is 48.1 Å². The fraction of sp³-hybridized carbons (Fsp3) is 0.286. The van der Waals surface area contributed by atoms with Crippen LogP contribution < -0.4 is 10.6 Å². The highest BCUT2D eigenvalue weighted by Gasteiger charge is 2.15. The Hall–Kier alpha value is -3.35. The van der Waals surface area contributed by atoms with Crippen molar-refractivity contribution in [3.63, 3.8) is 0 Å². The molecule has 0 fully saturated rings. The summed E-state index contributed by atoms with van der Waals surface area (Å²) in [7, 11) is 3.32. The quantitative estimate of drug-likeness (QED) is 0.653. The summed E-state index contributed by atoms with van der Waals surface area (Å²) in [5.74, 6) is -1.07. The predicted octanol–water partition coefficient (Wildman–Crippen LogP) is 2.99. The molecule has 0 heterocycles. The molecule has 148 valence electrons. The average Bonchev–Trinajstić information content (AvgIpc) is 2.66. The highest BCUT2D eigenvalue weighted by atomic mass is 16.4. The summed E-state index contributed by atoms with van der Waals surface area (Å²) in [6.45, 7) is 0. The van der Waals surface area contributed by atoms with Crippen LogP contribution in [0.15, 0.2) is 54.6 Å². The van der Waals surface area contributed by atoms with Crippen molar-refractivity contribution in [2.75, 3.05) is 19.4 Å². The van der Waals surface area contributed by atoms with E-state index >= 15 is 0 Å². The molecule has 0 saturated heterocycles. The number of carboxylic acids is 1. The van der Waals surface area contributed by atoms with Gasteiger partial charge in [-0.2, -0.15) is 0 Å². The predicted molar refractivity (Wildman–Crippen MR) is 107 cm³/mol. The normalized spacial score (nSPS) is 11.4. The minimum Gasteiger partial charge on any atom is -0.481 e. The highest BCUT2D eigenvalue weighted by molar-refractivity contribution is 5.96. The Balaban J connectivity index is 2.03. The number of urea groups is 1. The Bertz CT molecular complexity index is 821. The number of carboxylic acid groups (broad SMARTS) is 1. The maximum absolute atomic E-state index is 12.4. The van der Waals surface area contributed by atoms with Gasteiger partial charge in [0.25, 0.3) is 5.91 Å². The highest BCUT2D eigenvalue weighted by Crippen LogP contribution is 2.13. The minimum atomic E-state index is -0.907. The molecule has 7 nitrogen and oxygen atoms in total. The first kappa shape index (κ1) is 21.0. The zero-order chi connectivity index (χ0) is 20.5. The maximum Gasteiger partial charge on any atom is 0.319 e. The second-order valence-electron chi connectivity index (χ2n) is 6.70. The maximum atomic E-state index is 12.4. The van der Waals surface area contributed by atoms with Crippen LogP contribution in [0, 0.1) is 0 Å². The average molecular weight is 383 g/mol. The smallest absolute Gasteiger partial charge is 0.319 e. The van der Waals surface area contributed by atoms with E-state index in [0.717, 1.165) is 5.56 Å². The lowest BCUT2D eigenvalue weighted by atomic mass is 10.0. The summed E-state index contributed by atoms with van der Waals surface area (Å²) in [4.78, 5) is 36.8. The monoisotopic (exact) mass is 383 g/mol. The van der Waals surface area contributed by atoms with Crippen LogP contribution in [0.3, 0.4) is 0 Å². The lowest BCUT2D eigenvalue weighted by Crippen LogP contribution is -2.39. The number of amides is 3. The lowest BCUT2D eigenvalue weighted by Gasteiger charge is -2.19. The molecule has 1 unspecified atom stereocenters. The number of benzene rings is 2. The SMILES string of the molecule is CN(C)C(=O)c1cccc(NC(=O)NC(CCC(=O)O)Cc2ccccc2)c1. The summed E-state index contributed by atoms with van der Waals surface area (Å²) in [6, 6.07) is 15.5. The number of aliphatic carboxylic acids is 1. The Morgan fingerprint density at radius 1 is 1.04 bits per heavy atom. The summed E-state index contributed by atoms with van der Waals surface area (Å²) in [5.41, 5.74) is 1.97. The van der Waals surface area contributed by atoms with Gasteiger partial charge >= 0.3 is 12.0 Å². The van der Waals surface area contributed by atoms with Gasteiger partial charge in [0.05, 0.1) is 0 Å². The molecule has 2 aromatic rings. The van der Waals surface area contributed by atoms with Gasteiger partial charge in [-0.3, -0.25) is 9.59 Å². The Labute approximate surface area is 164 Å². The van der Waals surface area contributed by atoms with Crippen LogP contribution >= 0.6 is 0 Å². The topological polar surface area (TPSA) is 98.7 Å². The van der Waals surface area contributed by atoms with Crippen molar-refractivity contribution in [2.45, 2.75) is 25.3 Å². The van der Waals surface area contributed by atoms with Crippen molar-refractivity contribution in [1.29, 1.82) is 0 Å². The number of rotatable bonds is 8. The second kappa shape index (κ2) is 10.1. The molecule has 2 rings (SSSR count).